The van der Waals surface area contributed by atoms with Gasteiger partial charge in [0.25, 0.3) is 5.91 Å². The fourth-order valence-corrected chi connectivity index (χ4v) is 1.34. The molecule has 0 spiro atoms. The number of rotatable bonds is 5. The van der Waals surface area contributed by atoms with E-state index < -0.39 is 12.0 Å². The highest BCUT2D eigenvalue weighted by Gasteiger charge is 2.15. The molecule has 92 valence electrons. The Bertz CT molecular complexity index is 420. The van der Waals surface area contributed by atoms with E-state index in [2.05, 4.69) is 10.3 Å². The van der Waals surface area contributed by atoms with Gasteiger partial charge in [0.15, 0.2) is 0 Å². The summed E-state index contributed by atoms with van der Waals surface area (Å²) >= 11 is 0. The van der Waals surface area contributed by atoms with Crippen LogP contribution in [-0.2, 0) is 4.79 Å². The lowest BCUT2D eigenvalue weighted by Crippen LogP contribution is -2.34. The van der Waals surface area contributed by atoms with E-state index in [9.17, 15) is 9.59 Å². The van der Waals surface area contributed by atoms with E-state index in [1.165, 1.54) is 25.6 Å². The van der Waals surface area contributed by atoms with Crippen molar-refractivity contribution in [3.63, 3.8) is 0 Å². The lowest BCUT2D eigenvalue weighted by atomic mass is 10.2. The van der Waals surface area contributed by atoms with Gasteiger partial charge in [-0.3, -0.25) is 14.6 Å². The summed E-state index contributed by atoms with van der Waals surface area (Å²) in [4.78, 5) is 26.1. The van der Waals surface area contributed by atoms with Gasteiger partial charge >= 0.3 is 5.97 Å². The van der Waals surface area contributed by atoms with Crippen LogP contribution in [0.25, 0.3) is 0 Å². The van der Waals surface area contributed by atoms with Crippen LogP contribution in [0.15, 0.2) is 18.5 Å². The van der Waals surface area contributed by atoms with Gasteiger partial charge in [0.2, 0.25) is 0 Å². The lowest BCUT2D eigenvalue weighted by Gasteiger charge is -2.13. The lowest BCUT2D eigenvalue weighted by molar-refractivity contribution is -0.137. The minimum Gasteiger partial charge on any atom is -0.494 e. The zero-order chi connectivity index (χ0) is 12.8. The predicted octanol–water partition coefficient (Wildman–Crippen LogP) is 0.683. The second kappa shape index (κ2) is 5.83. The molecule has 6 heteroatoms. The molecule has 1 rings (SSSR count). The molecule has 17 heavy (non-hydrogen) atoms. The quantitative estimate of drug-likeness (QED) is 0.787. The topological polar surface area (TPSA) is 88.5 Å². The third kappa shape index (κ3) is 3.75. The number of nitrogens with zero attached hydrogens (tertiary/aromatic N) is 1. The Morgan fingerprint density at radius 1 is 1.59 bits per heavy atom. The summed E-state index contributed by atoms with van der Waals surface area (Å²) in [5.74, 6) is -0.981. The molecule has 0 aliphatic rings. The Morgan fingerprint density at radius 2 is 2.29 bits per heavy atom. The SMILES string of the molecule is COc1cnccc1C(=O)NC(C)CC(=O)O. The second-order valence-corrected chi connectivity index (χ2v) is 3.55. The van der Waals surface area contributed by atoms with Crippen molar-refractivity contribution in [2.45, 2.75) is 19.4 Å². The van der Waals surface area contributed by atoms with Gasteiger partial charge < -0.3 is 15.2 Å². The van der Waals surface area contributed by atoms with Crippen LogP contribution in [-0.4, -0.2) is 35.1 Å². The zero-order valence-electron chi connectivity index (χ0n) is 9.64. The standard InChI is InChI=1S/C11H14N2O4/c1-7(5-10(14)15)13-11(16)8-3-4-12-6-9(8)17-2/h3-4,6-7H,5H2,1-2H3,(H,13,16)(H,14,15). The van der Waals surface area contributed by atoms with Crippen LogP contribution in [0.2, 0.25) is 0 Å². The van der Waals surface area contributed by atoms with Crippen molar-refractivity contribution in [3.8, 4) is 5.75 Å². The van der Waals surface area contributed by atoms with E-state index in [1.807, 2.05) is 0 Å². The van der Waals surface area contributed by atoms with Crippen LogP contribution in [0.4, 0.5) is 0 Å². The van der Waals surface area contributed by atoms with Crippen molar-refractivity contribution in [1.82, 2.24) is 10.3 Å². The number of carboxylic acids is 1. The first kappa shape index (κ1) is 13.0. The summed E-state index contributed by atoms with van der Waals surface area (Å²) in [5.41, 5.74) is 0.333. The summed E-state index contributed by atoms with van der Waals surface area (Å²) in [6.07, 6.45) is 2.77. The molecule has 0 fully saturated rings. The average Bonchev–Trinajstić information content (AvgIpc) is 2.27. The molecule has 0 aliphatic heterocycles. The maximum atomic E-state index is 11.8. The molecular weight excluding hydrogens is 224 g/mol. The molecule has 0 saturated carbocycles. The van der Waals surface area contributed by atoms with Gasteiger partial charge in [-0.15, -0.1) is 0 Å². The minimum absolute atomic E-state index is 0.126. The number of pyridine rings is 1. The predicted molar refractivity (Wildman–Crippen MR) is 60.0 cm³/mol. The third-order valence-corrected chi connectivity index (χ3v) is 2.11. The Kier molecular flexibility index (Phi) is 4.45. The van der Waals surface area contributed by atoms with Crippen LogP contribution in [0, 0.1) is 0 Å². The summed E-state index contributed by atoms with van der Waals surface area (Å²) < 4.78 is 4.99. The van der Waals surface area contributed by atoms with Crippen molar-refractivity contribution >= 4 is 11.9 Å². The first-order valence-corrected chi connectivity index (χ1v) is 5.05. The van der Waals surface area contributed by atoms with Gasteiger partial charge in [0, 0.05) is 12.2 Å². The Morgan fingerprint density at radius 3 is 2.88 bits per heavy atom. The smallest absolute Gasteiger partial charge is 0.305 e. The molecule has 1 heterocycles. The van der Waals surface area contributed by atoms with E-state index in [0.29, 0.717) is 11.3 Å². The number of nitrogens with one attached hydrogen (secondary N) is 1. The summed E-state index contributed by atoms with van der Waals surface area (Å²) in [6, 6.07) is 1.07. The van der Waals surface area contributed by atoms with Crippen molar-refractivity contribution < 1.29 is 19.4 Å². The second-order valence-electron chi connectivity index (χ2n) is 3.55. The van der Waals surface area contributed by atoms with Gasteiger partial charge in [-0.1, -0.05) is 0 Å². The van der Waals surface area contributed by atoms with E-state index >= 15 is 0 Å². The van der Waals surface area contributed by atoms with Gasteiger partial charge in [0.1, 0.15) is 5.75 Å². The van der Waals surface area contributed by atoms with E-state index in [1.54, 1.807) is 6.92 Å². The van der Waals surface area contributed by atoms with Gasteiger partial charge in [-0.2, -0.15) is 0 Å². The van der Waals surface area contributed by atoms with Crippen molar-refractivity contribution in [1.29, 1.82) is 0 Å². The molecule has 0 radical (unpaired) electrons. The first-order valence-electron chi connectivity index (χ1n) is 5.05. The van der Waals surface area contributed by atoms with Crippen LogP contribution in [0.5, 0.6) is 5.75 Å². The maximum Gasteiger partial charge on any atom is 0.305 e. The number of hydrogen-bond donors (Lipinski definition) is 2. The van der Waals surface area contributed by atoms with Crippen LogP contribution < -0.4 is 10.1 Å². The van der Waals surface area contributed by atoms with Crippen molar-refractivity contribution in [3.05, 3.63) is 24.0 Å². The number of carbonyl (C=O) groups excluding carboxylic acids is 1. The van der Waals surface area contributed by atoms with Crippen molar-refractivity contribution in [2.75, 3.05) is 7.11 Å². The van der Waals surface area contributed by atoms with Gasteiger partial charge in [-0.25, -0.2) is 0 Å². The fraction of sp³-hybridized carbons (Fsp3) is 0.364. The molecule has 1 amide bonds. The first-order chi connectivity index (χ1) is 8.04. The number of aromatic nitrogens is 1. The van der Waals surface area contributed by atoms with E-state index in [4.69, 9.17) is 9.84 Å². The van der Waals surface area contributed by atoms with Crippen LogP contribution in [0.3, 0.4) is 0 Å². The van der Waals surface area contributed by atoms with Gasteiger partial charge in [0.05, 0.1) is 25.3 Å². The molecule has 0 aromatic carbocycles. The number of aliphatic carboxylic acids is 1. The number of carbonyl (C=O) groups is 2. The van der Waals surface area contributed by atoms with Crippen molar-refractivity contribution in [2.24, 2.45) is 0 Å². The van der Waals surface area contributed by atoms with Gasteiger partial charge in [-0.05, 0) is 13.0 Å². The Labute approximate surface area is 98.6 Å². The maximum absolute atomic E-state index is 11.8. The largest absolute Gasteiger partial charge is 0.494 e. The number of hydrogen-bond acceptors (Lipinski definition) is 4. The molecule has 1 aromatic heterocycles. The summed E-state index contributed by atoms with van der Waals surface area (Å²) in [6.45, 7) is 1.62. The van der Waals surface area contributed by atoms with Crippen LogP contribution in [0.1, 0.15) is 23.7 Å². The monoisotopic (exact) mass is 238 g/mol. The highest BCUT2D eigenvalue weighted by Crippen LogP contribution is 2.15. The molecule has 1 unspecified atom stereocenters. The Balaban J connectivity index is 2.72. The normalized spacial score (nSPS) is 11.6. The zero-order valence-corrected chi connectivity index (χ0v) is 9.64. The summed E-state index contributed by atoms with van der Waals surface area (Å²) in [7, 11) is 1.44. The molecule has 2 N–H and O–H groups in total. The number of carboxylic acid groups (broad SMARTS) is 1. The fourth-order valence-electron chi connectivity index (χ4n) is 1.34. The number of ether oxygens (including phenoxy) is 1. The van der Waals surface area contributed by atoms with E-state index in [0.717, 1.165) is 0 Å². The highest BCUT2D eigenvalue weighted by molar-refractivity contribution is 5.97. The molecule has 1 aromatic rings. The molecule has 0 aliphatic carbocycles. The Hall–Kier alpha value is -2.11. The number of amides is 1. The number of methoxy groups -OCH3 is 1. The minimum atomic E-state index is -0.959. The van der Waals surface area contributed by atoms with Crippen LogP contribution >= 0.6 is 0 Å². The molecular formula is C11H14N2O4. The molecule has 0 saturated heterocycles. The third-order valence-electron chi connectivity index (χ3n) is 2.11. The molecule has 0 bridgehead atoms. The summed E-state index contributed by atoms with van der Waals surface area (Å²) in [5, 5.41) is 11.2. The highest BCUT2D eigenvalue weighted by atomic mass is 16.5. The molecule has 1 atom stereocenters. The van der Waals surface area contributed by atoms with E-state index in [-0.39, 0.29) is 12.3 Å². The molecule has 6 nitrogen and oxygen atoms in total. The average molecular weight is 238 g/mol.